The molecule has 0 aliphatic rings. The van der Waals surface area contributed by atoms with Crippen molar-refractivity contribution >= 4 is 11.6 Å². The van der Waals surface area contributed by atoms with Gasteiger partial charge in [-0.05, 0) is 38.1 Å². The van der Waals surface area contributed by atoms with E-state index >= 15 is 0 Å². The minimum atomic E-state index is -0.283. The zero-order chi connectivity index (χ0) is 13.8. The molecule has 1 amide bonds. The summed E-state index contributed by atoms with van der Waals surface area (Å²) in [4.78, 5) is 12.0. The SMILES string of the molecule is CC(C)n1ccc(C(=O)Nc2cccc(C#N)c2)n1. The van der Waals surface area contributed by atoms with Gasteiger partial charge in [0.15, 0.2) is 5.69 Å². The standard InChI is InChI=1S/C14H14N4O/c1-10(2)18-7-6-13(17-18)14(19)16-12-5-3-4-11(8-12)9-15/h3-8,10H,1-2H3,(H,16,19). The molecule has 1 aromatic carbocycles. The van der Waals surface area contributed by atoms with Crippen molar-refractivity contribution in [1.29, 1.82) is 5.26 Å². The van der Waals surface area contributed by atoms with Crippen LogP contribution in [0, 0.1) is 11.3 Å². The van der Waals surface area contributed by atoms with E-state index in [0.717, 1.165) is 0 Å². The lowest BCUT2D eigenvalue weighted by Crippen LogP contribution is -2.13. The molecule has 0 aliphatic carbocycles. The van der Waals surface area contributed by atoms with E-state index in [1.807, 2.05) is 19.9 Å². The van der Waals surface area contributed by atoms with Crippen LogP contribution < -0.4 is 5.32 Å². The first-order valence-electron chi connectivity index (χ1n) is 5.97. The molecule has 1 N–H and O–H groups in total. The third kappa shape index (κ3) is 2.99. The van der Waals surface area contributed by atoms with Gasteiger partial charge in [0, 0.05) is 17.9 Å². The molecule has 0 saturated heterocycles. The van der Waals surface area contributed by atoms with E-state index in [1.165, 1.54) is 0 Å². The summed E-state index contributed by atoms with van der Waals surface area (Å²) in [5.74, 6) is -0.283. The van der Waals surface area contributed by atoms with Gasteiger partial charge in [0.1, 0.15) is 0 Å². The lowest BCUT2D eigenvalue weighted by Gasteiger charge is -2.05. The maximum absolute atomic E-state index is 12.0. The average Bonchev–Trinajstić information content (AvgIpc) is 2.89. The van der Waals surface area contributed by atoms with Crippen LogP contribution in [0.1, 0.15) is 35.9 Å². The van der Waals surface area contributed by atoms with Crippen molar-refractivity contribution in [2.45, 2.75) is 19.9 Å². The van der Waals surface area contributed by atoms with Gasteiger partial charge in [0.25, 0.3) is 5.91 Å². The summed E-state index contributed by atoms with van der Waals surface area (Å²) in [5.41, 5.74) is 1.45. The Bertz CT molecular complexity index is 637. The zero-order valence-corrected chi connectivity index (χ0v) is 10.8. The molecule has 1 heterocycles. The molecular formula is C14H14N4O. The number of hydrogen-bond acceptors (Lipinski definition) is 3. The topological polar surface area (TPSA) is 70.7 Å². The molecule has 96 valence electrons. The largest absolute Gasteiger partial charge is 0.321 e. The van der Waals surface area contributed by atoms with Crippen LogP contribution >= 0.6 is 0 Å². The van der Waals surface area contributed by atoms with Gasteiger partial charge in [0.05, 0.1) is 11.6 Å². The van der Waals surface area contributed by atoms with Gasteiger partial charge >= 0.3 is 0 Å². The number of amides is 1. The number of carbonyl (C=O) groups is 1. The molecule has 5 nitrogen and oxygen atoms in total. The van der Waals surface area contributed by atoms with E-state index in [2.05, 4.69) is 10.4 Å². The summed E-state index contributed by atoms with van der Waals surface area (Å²) < 4.78 is 1.72. The number of nitrogens with zero attached hydrogens (tertiary/aromatic N) is 3. The second-order valence-electron chi connectivity index (χ2n) is 4.42. The van der Waals surface area contributed by atoms with Crippen molar-refractivity contribution in [2.75, 3.05) is 5.32 Å². The maximum Gasteiger partial charge on any atom is 0.276 e. The van der Waals surface area contributed by atoms with Crippen LogP contribution in [0.15, 0.2) is 36.5 Å². The van der Waals surface area contributed by atoms with Crippen LogP contribution in [-0.4, -0.2) is 15.7 Å². The minimum absolute atomic E-state index is 0.212. The second kappa shape index (κ2) is 5.36. The number of hydrogen-bond donors (Lipinski definition) is 1. The fraction of sp³-hybridized carbons (Fsp3) is 0.214. The first-order valence-corrected chi connectivity index (χ1v) is 5.97. The molecule has 2 aromatic rings. The Hall–Kier alpha value is -2.61. The van der Waals surface area contributed by atoms with Crippen LogP contribution in [0.3, 0.4) is 0 Å². The van der Waals surface area contributed by atoms with Gasteiger partial charge < -0.3 is 5.32 Å². The quantitative estimate of drug-likeness (QED) is 0.915. The highest BCUT2D eigenvalue weighted by atomic mass is 16.1. The molecule has 0 radical (unpaired) electrons. The molecule has 0 fully saturated rings. The normalized spacial score (nSPS) is 10.2. The van der Waals surface area contributed by atoms with Crippen LogP contribution in [0.2, 0.25) is 0 Å². The third-order valence-corrected chi connectivity index (χ3v) is 2.62. The van der Waals surface area contributed by atoms with Crippen molar-refractivity contribution in [3.63, 3.8) is 0 Å². The van der Waals surface area contributed by atoms with Gasteiger partial charge in [-0.3, -0.25) is 9.48 Å². The van der Waals surface area contributed by atoms with Gasteiger partial charge in [-0.15, -0.1) is 0 Å². The fourth-order valence-corrected chi connectivity index (χ4v) is 1.61. The molecule has 0 unspecified atom stereocenters. The molecule has 0 bridgehead atoms. The summed E-state index contributed by atoms with van der Waals surface area (Å²) in [6, 6.07) is 10.7. The van der Waals surface area contributed by atoms with E-state index in [-0.39, 0.29) is 11.9 Å². The fourth-order valence-electron chi connectivity index (χ4n) is 1.61. The first kappa shape index (κ1) is 12.8. The van der Waals surface area contributed by atoms with E-state index in [9.17, 15) is 4.79 Å². The van der Waals surface area contributed by atoms with Crippen molar-refractivity contribution in [1.82, 2.24) is 9.78 Å². The predicted octanol–water partition coefficient (Wildman–Crippen LogP) is 2.59. The maximum atomic E-state index is 12.0. The number of anilines is 1. The van der Waals surface area contributed by atoms with Crippen LogP contribution in [0.5, 0.6) is 0 Å². The second-order valence-corrected chi connectivity index (χ2v) is 4.42. The molecule has 2 rings (SSSR count). The molecule has 0 saturated carbocycles. The van der Waals surface area contributed by atoms with Crippen molar-refractivity contribution in [3.05, 3.63) is 47.8 Å². The Kier molecular flexibility index (Phi) is 3.62. The van der Waals surface area contributed by atoms with Gasteiger partial charge in [0.2, 0.25) is 0 Å². The Morgan fingerprint density at radius 3 is 2.84 bits per heavy atom. The minimum Gasteiger partial charge on any atom is -0.321 e. The Morgan fingerprint density at radius 2 is 2.21 bits per heavy atom. The van der Waals surface area contributed by atoms with Crippen molar-refractivity contribution in [3.8, 4) is 6.07 Å². The number of nitrogens with one attached hydrogen (secondary N) is 1. The van der Waals surface area contributed by atoms with Crippen LogP contribution in [0.4, 0.5) is 5.69 Å². The van der Waals surface area contributed by atoms with Gasteiger partial charge in [-0.2, -0.15) is 10.4 Å². The first-order chi connectivity index (χ1) is 9.10. The van der Waals surface area contributed by atoms with Crippen molar-refractivity contribution in [2.24, 2.45) is 0 Å². The highest BCUT2D eigenvalue weighted by Crippen LogP contribution is 2.11. The predicted molar refractivity (Wildman–Crippen MR) is 71.7 cm³/mol. The summed E-state index contributed by atoms with van der Waals surface area (Å²) in [5, 5.41) is 15.7. The Labute approximate surface area is 111 Å². The van der Waals surface area contributed by atoms with E-state index in [0.29, 0.717) is 16.9 Å². The number of carbonyl (C=O) groups excluding carboxylic acids is 1. The smallest absolute Gasteiger partial charge is 0.276 e. The summed E-state index contributed by atoms with van der Waals surface area (Å²) >= 11 is 0. The highest BCUT2D eigenvalue weighted by Gasteiger charge is 2.11. The highest BCUT2D eigenvalue weighted by molar-refractivity contribution is 6.02. The number of nitriles is 1. The Balaban J connectivity index is 2.14. The molecule has 0 aliphatic heterocycles. The average molecular weight is 254 g/mol. The molecule has 5 heteroatoms. The summed E-state index contributed by atoms with van der Waals surface area (Å²) in [6.07, 6.45) is 1.77. The van der Waals surface area contributed by atoms with Gasteiger partial charge in [-0.1, -0.05) is 6.07 Å². The molecule has 19 heavy (non-hydrogen) atoms. The van der Waals surface area contributed by atoms with Crippen LogP contribution in [0.25, 0.3) is 0 Å². The monoisotopic (exact) mass is 254 g/mol. The lowest BCUT2D eigenvalue weighted by molar-refractivity contribution is 0.102. The Morgan fingerprint density at radius 1 is 1.42 bits per heavy atom. The molecular weight excluding hydrogens is 240 g/mol. The van der Waals surface area contributed by atoms with Crippen molar-refractivity contribution < 1.29 is 4.79 Å². The van der Waals surface area contributed by atoms with Gasteiger partial charge in [-0.25, -0.2) is 0 Å². The van der Waals surface area contributed by atoms with E-state index < -0.39 is 0 Å². The third-order valence-electron chi connectivity index (χ3n) is 2.62. The van der Waals surface area contributed by atoms with Crippen LogP contribution in [-0.2, 0) is 0 Å². The number of rotatable bonds is 3. The van der Waals surface area contributed by atoms with E-state index in [1.54, 1.807) is 41.2 Å². The summed E-state index contributed by atoms with van der Waals surface area (Å²) in [6.45, 7) is 3.98. The summed E-state index contributed by atoms with van der Waals surface area (Å²) in [7, 11) is 0. The number of aromatic nitrogens is 2. The lowest BCUT2D eigenvalue weighted by atomic mass is 10.2. The zero-order valence-electron chi connectivity index (χ0n) is 10.8. The molecule has 0 spiro atoms. The molecule has 0 atom stereocenters. The molecule has 1 aromatic heterocycles. The number of benzene rings is 1. The van der Waals surface area contributed by atoms with E-state index in [4.69, 9.17) is 5.26 Å².